The number of aliphatic hydroxyl groups excluding tert-OH is 1. The number of rotatable bonds is 5. The second-order valence-electron chi connectivity index (χ2n) is 5.13. The molecule has 19 heavy (non-hydrogen) atoms. The van der Waals surface area contributed by atoms with E-state index in [4.69, 9.17) is 4.74 Å². The SMILES string of the molecule is CCc1nn(CC)c(CC(O)C2CCCOC2)c1Br. The number of aromatic nitrogens is 2. The Bertz CT molecular complexity index is 414. The molecule has 0 aliphatic carbocycles. The molecule has 0 amide bonds. The molecule has 0 spiro atoms. The van der Waals surface area contributed by atoms with Crippen molar-refractivity contribution in [2.45, 2.75) is 52.2 Å². The standard InChI is InChI=1S/C14H23BrN2O2/c1-3-11-14(15)12(17(4-2)16-11)8-13(18)10-6-5-7-19-9-10/h10,13,18H,3-9H2,1-2H3. The minimum absolute atomic E-state index is 0.255. The van der Waals surface area contributed by atoms with E-state index in [9.17, 15) is 5.11 Å². The number of nitrogens with zero attached hydrogens (tertiary/aromatic N) is 2. The number of halogens is 1. The third-order valence-electron chi connectivity index (χ3n) is 3.84. The molecule has 2 unspecified atom stereocenters. The summed E-state index contributed by atoms with van der Waals surface area (Å²) < 4.78 is 8.52. The Morgan fingerprint density at radius 1 is 1.53 bits per heavy atom. The van der Waals surface area contributed by atoms with Crippen LogP contribution in [0.15, 0.2) is 4.47 Å². The quantitative estimate of drug-likeness (QED) is 0.902. The smallest absolute Gasteiger partial charge is 0.0766 e. The van der Waals surface area contributed by atoms with E-state index in [0.29, 0.717) is 13.0 Å². The lowest BCUT2D eigenvalue weighted by atomic mass is 9.93. The molecular weight excluding hydrogens is 308 g/mol. The molecule has 2 atom stereocenters. The fourth-order valence-corrected chi connectivity index (χ4v) is 3.37. The van der Waals surface area contributed by atoms with Crippen LogP contribution in [0.2, 0.25) is 0 Å². The van der Waals surface area contributed by atoms with Crippen LogP contribution >= 0.6 is 15.9 Å². The molecule has 0 saturated carbocycles. The Labute approximate surface area is 123 Å². The minimum atomic E-state index is -0.344. The van der Waals surface area contributed by atoms with Gasteiger partial charge in [-0.05, 0) is 42.1 Å². The lowest BCUT2D eigenvalue weighted by molar-refractivity contribution is -0.00917. The highest BCUT2D eigenvalue weighted by molar-refractivity contribution is 9.10. The summed E-state index contributed by atoms with van der Waals surface area (Å²) in [6, 6.07) is 0. The lowest BCUT2D eigenvalue weighted by Gasteiger charge is -2.26. The molecule has 1 aromatic rings. The van der Waals surface area contributed by atoms with E-state index >= 15 is 0 Å². The summed E-state index contributed by atoms with van der Waals surface area (Å²) in [5, 5.41) is 15.0. The summed E-state index contributed by atoms with van der Waals surface area (Å²) in [6.07, 6.45) is 3.32. The van der Waals surface area contributed by atoms with Gasteiger partial charge < -0.3 is 9.84 Å². The fraction of sp³-hybridized carbons (Fsp3) is 0.786. The van der Waals surface area contributed by atoms with Crippen LogP contribution in [0.1, 0.15) is 38.1 Å². The molecule has 1 aliphatic heterocycles. The molecular formula is C14H23BrN2O2. The Hall–Kier alpha value is -0.390. The highest BCUT2D eigenvalue weighted by Crippen LogP contribution is 2.26. The minimum Gasteiger partial charge on any atom is -0.392 e. The van der Waals surface area contributed by atoms with Crippen molar-refractivity contribution in [3.63, 3.8) is 0 Å². The molecule has 1 saturated heterocycles. The van der Waals surface area contributed by atoms with Crippen LogP contribution < -0.4 is 0 Å². The maximum absolute atomic E-state index is 10.4. The predicted molar refractivity (Wildman–Crippen MR) is 78.2 cm³/mol. The van der Waals surface area contributed by atoms with E-state index in [0.717, 1.165) is 48.3 Å². The highest BCUT2D eigenvalue weighted by Gasteiger charge is 2.25. The van der Waals surface area contributed by atoms with Crippen molar-refractivity contribution in [2.24, 2.45) is 5.92 Å². The summed E-state index contributed by atoms with van der Waals surface area (Å²) in [7, 11) is 0. The zero-order chi connectivity index (χ0) is 13.8. The van der Waals surface area contributed by atoms with E-state index in [1.165, 1.54) is 0 Å². The Balaban J connectivity index is 2.10. The summed E-state index contributed by atoms with van der Waals surface area (Å²) in [5.74, 6) is 0.255. The van der Waals surface area contributed by atoms with Crippen LogP contribution in [0.25, 0.3) is 0 Å². The van der Waals surface area contributed by atoms with Gasteiger partial charge in [-0.25, -0.2) is 0 Å². The Morgan fingerprint density at radius 3 is 2.89 bits per heavy atom. The summed E-state index contributed by atoms with van der Waals surface area (Å²) in [6.45, 7) is 6.53. The van der Waals surface area contributed by atoms with Gasteiger partial charge in [0.2, 0.25) is 0 Å². The first-order chi connectivity index (χ1) is 9.17. The third-order valence-corrected chi connectivity index (χ3v) is 4.75. The summed E-state index contributed by atoms with van der Waals surface area (Å²) in [4.78, 5) is 0. The summed E-state index contributed by atoms with van der Waals surface area (Å²) >= 11 is 3.63. The first-order valence-electron chi connectivity index (χ1n) is 7.17. The number of ether oxygens (including phenoxy) is 1. The van der Waals surface area contributed by atoms with Crippen LogP contribution in [-0.4, -0.2) is 34.2 Å². The van der Waals surface area contributed by atoms with Gasteiger partial charge in [0, 0.05) is 25.5 Å². The molecule has 1 aromatic heterocycles. The van der Waals surface area contributed by atoms with Gasteiger partial charge in [-0.3, -0.25) is 4.68 Å². The van der Waals surface area contributed by atoms with Crippen LogP contribution in [0.3, 0.4) is 0 Å². The molecule has 2 rings (SSSR count). The molecule has 0 radical (unpaired) electrons. The maximum Gasteiger partial charge on any atom is 0.0766 e. The highest BCUT2D eigenvalue weighted by atomic mass is 79.9. The van der Waals surface area contributed by atoms with Gasteiger partial charge in [0.1, 0.15) is 0 Å². The predicted octanol–water partition coefficient (Wildman–Crippen LogP) is 2.56. The first-order valence-corrected chi connectivity index (χ1v) is 7.96. The van der Waals surface area contributed by atoms with Gasteiger partial charge >= 0.3 is 0 Å². The molecule has 0 aromatic carbocycles. The van der Waals surface area contributed by atoms with Crippen LogP contribution in [-0.2, 0) is 24.1 Å². The molecule has 1 N–H and O–H groups in total. The van der Waals surface area contributed by atoms with Crippen molar-refractivity contribution in [1.82, 2.24) is 9.78 Å². The Morgan fingerprint density at radius 2 is 2.32 bits per heavy atom. The van der Waals surface area contributed by atoms with Crippen molar-refractivity contribution >= 4 is 15.9 Å². The van der Waals surface area contributed by atoms with E-state index < -0.39 is 0 Å². The van der Waals surface area contributed by atoms with Crippen LogP contribution in [0.4, 0.5) is 0 Å². The van der Waals surface area contributed by atoms with E-state index in [-0.39, 0.29) is 12.0 Å². The largest absolute Gasteiger partial charge is 0.392 e. The van der Waals surface area contributed by atoms with Gasteiger partial charge in [0.15, 0.2) is 0 Å². The topological polar surface area (TPSA) is 47.3 Å². The average molecular weight is 331 g/mol. The number of hydrogen-bond donors (Lipinski definition) is 1. The molecule has 0 bridgehead atoms. The molecule has 1 fully saturated rings. The van der Waals surface area contributed by atoms with Gasteiger partial charge in [-0.2, -0.15) is 5.10 Å². The van der Waals surface area contributed by atoms with Gasteiger partial charge in [-0.1, -0.05) is 6.92 Å². The third kappa shape index (κ3) is 3.38. The molecule has 1 aliphatic rings. The average Bonchev–Trinajstić information content (AvgIpc) is 2.76. The monoisotopic (exact) mass is 330 g/mol. The van der Waals surface area contributed by atoms with Crippen LogP contribution in [0.5, 0.6) is 0 Å². The normalized spacial score (nSPS) is 21.6. The number of aryl methyl sites for hydroxylation is 2. The Kier molecular flexibility index (Phi) is 5.42. The van der Waals surface area contributed by atoms with Crippen molar-refractivity contribution in [1.29, 1.82) is 0 Å². The zero-order valence-electron chi connectivity index (χ0n) is 11.7. The maximum atomic E-state index is 10.4. The number of hydrogen-bond acceptors (Lipinski definition) is 3. The van der Waals surface area contributed by atoms with Gasteiger partial charge in [0.05, 0.1) is 28.6 Å². The second kappa shape index (κ2) is 6.86. The first kappa shape index (κ1) is 15.0. The molecule has 5 heteroatoms. The second-order valence-corrected chi connectivity index (χ2v) is 5.92. The summed E-state index contributed by atoms with van der Waals surface area (Å²) in [5.41, 5.74) is 2.18. The van der Waals surface area contributed by atoms with E-state index in [1.54, 1.807) is 0 Å². The number of aliphatic hydroxyl groups is 1. The fourth-order valence-electron chi connectivity index (χ4n) is 2.65. The van der Waals surface area contributed by atoms with E-state index in [2.05, 4.69) is 34.9 Å². The molecule has 108 valence electrons. The molecule has 4 nitrogen and oxygen atoms in total. The molecule has 2 heterocycles. The van der Waals surface area contributed by atoms with Crippen molar-refractivity contribution in [3.05, 3.63) is 15.9 Å². The van der Waals surface area contributed by atoms with Crippen molar-refractivity contribution in [2.75, 3.05) is 13.2 Å². The van der Waals surface area contributed by atoms with Gasteiger partial charge in [0.25, 0.3) is 0 Å². The van der Waals surface area contributed by atoms with Gasteiger partial charge in [-0.15, -0.1) is 0 Å². The zero-order valence-corrected chi connectivity index (χ0v) is 13.3. The van der Waals surface area contributed by atoms with Crippen LogP contribution in [0, 0.1) is 5.92 Å². The lowest BCUT2D eigenvalue weighted by Crippen LogP contribution is -2.31. The van der Waals surface area contributed by atoms with Crippen molar-refractivity contribution in [3.8, 4) is 0 Å². The van der Waals surface area contributed by atoms with E-state index in [1.807, 2.05) is 4.68 Å². The van der Waals surface area contributed by atoms with Crippen molar-refractivity contribution < 1.29 is 9.84 Å².